The molecule has 2 atom stereocenters. The predicted molar refractivity (Wildman–Crippen MR) is 63.8 cm³/mol. The van der Waals surface area contributed by atoms with Crippen molar-refractivity contribution in [3.63, 3.8) is 0 Å². The lowest BCUT2D eigenvalue weighted by molar-refractivity contribution is 0.384. The molecule has 86 valence electrons. The van der Waals surface area contributed by atoms with Crippen molar-refractivity contribution >= 4 is 0 Å². The van der Waals surface area contributed by atoms with E-state index in [-0.39, 0.29) is 0 Å². The van der Waals surface area contributed by atoms with Crippen LogP contribution >= 0.6 is 0 Å². The van der Waals surface area contributed by atoms with E-state index in [0.29, 0.717) is 6.04 Å². The molecular formula is C12H23N3. The van der Waals surface area contributed by atoms with Crippen molar-refractivity contribution in [2.45, 2.75) is 46.2 Å². The van der Waals surface area contributed by atoms with Gasteiger partial charge in [-0.3, -0.25) is 0 Å². The van der Waals surface area contributed by atoms with E-state index in [9.17, 15) is 0 Å². The topological polar surface area (TPSA) is 29.9 Å². The van der Waals surface area contributed by atoms with Crippen molar-refractivity contribution in [2.75, 3.05) is 6.54 Å². The highest BCUT2D eigenvalue weighted by Gasteiger charge is 2.07. The third kappa shape index (κ3) is 4.47. The predicted octanol–water partition coefficient (Wildman–Crippen LogP) is 2.30. The Morgan fingerprint density at radius 3 is 2.80 bits per heavy atom. The zero-order valence-electron chi connectivity index (χ0n) is 10.1. The second-order valence-electron chi connectivity index (χ2n) is 4.28. The van der Waals surface area contributed by atoms with Gasteiger partial charge < -0.3 is 9.88 Å². The molecule has 1 heterocycles. The maximum absolute atomic E-state index is 4.02. The Kier molecular flexibility index (Phi) is 5.40. The van der Waals surface area contributed by atoms with Gasteiger partial charge in [-0.25, -0.2) is 4.98 Å². The molecule has 0 bridgehead atoms. The van der Waals surface area contributed by atoms with Gasteiger partial charge in [0, 0.05) is 25.0 Å². The third-order valence-corrected chi connectivity index (χ3v) is 3.12. The maximum atomic E-state index is 4.02. The van der Waals surface area contributed by atoms with Crippen LogP contribution in [0.4, 0.5) is 0 Å². The molecule has 0 aliphatic carbocycles. The summed E-state index contributed by atoms with van der Waals surface area (Å²) < 4.78 is 2.12. The molecule has 3 heteroatoms. The van der Waals surface area contributed by atoms with Crippen LogP contribution in [0.2, 0.25) is 0 Å². The highest BCUT2D eigenvalue weighted by molar-refractivity contribution is 4.74. The summed E-state index contributed by atoms with van der Waals surface area (Å²) in [6.45, 7) is 8.96. The van der Waals surface area contributed by atoms with E-state index >= 15 is 0 Å². The van der Waals surface area contributed by atoms with Crippen molar-refractivity contribution in [3.05, 3.63) is 18.7 Å². The molecule has 1 N–H and O–H groups in total. The van der Waals surface area contributed by atoms with Gasteiger partial charge in [0.1, 0.15) is 0 Å². The van der Waals surface area contributed by atoms with Gasteiger partial charge in [0.25, 0.3) is 0 Å². The fourth-order valence-corrected chi connectivity index (χ4v) is 1.57. The lowest BCUT2D eigenvalue weighted by atomic mass is 10.0. The molecule has 0 aliphatic heterocycles. The molecule has 0 saturated carbocycles. The fraction of sp³-hybridized carbons (Fsp3) is 0.750. The molecule has 15 heavy (non-hydrogen) atoms. The molecule has 0 spiro atoms. The molecule has 0 saturated heterocycles. The Labute approximate surface area is 92.9 Å². The highest BCUT2D eigenvalue weighted by atomic mass is 15.0. The van der Waals surface area contributed by atoms with Gasteiger partial charge in [-0.05, 0) is 25.8 Å². The van der Waals surface area contributed by atoms with E-state index in [1.54, 1.807) is 0 Å². The van der Waals surface area contributed by atoms with E-state index in [4.69, 9.17) is 0 Å². The van der Waals surface area contributed by atoms with Crippen LogP contribution in [0.5, 0.6) is 0 Å². The number of hydrogen-bond acceptors (Lipinski definition) is 2. The van der Waals surface area contributed by atoms with E-state index in [0.717, 1.165) is 25.4 Å². The van der Waals surface area contributed by atoms with Gasteiger partial charge in [0.15, 0.2) is 0 Å². The normalized spacial score (nSPS) is 15.1. The standard InChI is InChI=1S/C12H23N3/c1-4-11(2)12(3)14-6-5-8-15-9-7-13-10-15/h7,9-12,14H,4-6,8H2,1-3H3/t11-,12-/m0/s1. The van der Waals surface area contributed by atoms with Gasteiger partial charge in [0.05, 0.1) is 6.33 Å². The van der Waals surface area contributed by atoms with Crippen molar-refractivity contribution in [2.24, 2.45) is 5.92 Å². The van der Waals surface area contributed by atoms with Crippen LogP contribution < -0.4 is 5.32 Å². The molecule has 1 aromatic rings. The zero-order valence-corrected chi connectivity index (χ0v) is 10.1. The Morgan fingerprint density at radius 1 is 1.40 bits per heavy atom. The lowest BCUT2D eigenvalue weighted by Crippen LogP contribution is -2.32. The Hall–Kier alpha value is -0.830. The van der Waals surface area contributed by atoms with Crippen LogP contribution in [0, 0.1) is 5.92 Å². The van der Waals surface area contributed by atoms with Crippen LogP contribution in [0.1, 0.15) is 33.6 Å². The minimum atomic E-state index is 0.623. The highest BCUT2D eigenvalue weighted by Crippen LogP contribution is 2.06. The fourth-order valence-electron chi connectivity index (χ4n) is 1.57. The minimum Gasteiger partial charge on any atom is -0.337 e. The minimum absolute atomic E-state index is 0.623. The van der Waals surface area contributed by atoms with Crippen molar-refractivity contribution < 1.29 is 0 Å². The van der Waals surface area contributed by atoms with Crippen molar-refractivity contribution in [3.8, 4) is 0 Å². The molecule has 0 aliphatic rings. The molecule has 1 rings (SSSR count). The van der Waals surface area contributed by atoms with Gasteiger partial charge in [-0.1, -0.05) is 20.3 Å². The first-order valence-electron chi connectivity index (χ1n) is 5.93. The molecule has 0 amide bonds. The largest absolute Gasteiger partial charge is 0.337 e. The summed E-state index contributed by atoms with van der Waals surface area (Å²) in [5.41, 5.74) is 0. The van der Waals surface area contributed by atoms with Crippen LogP contribution in [0.25, 0.3) is 0 Å². The zero-order chi connectivity index (χ0) is 11.1. The molecular weight excluding hydrogens is 186 g/mol. The first-order chi connectivity index (χ1) is 7.24. The van der Waals surface area contributed by atoms with Gasteiger partial charge >= 0.3 is 0 Å². The van der Waals surface area contributed by atoms with Gasteiger partial charge in [0.2, 0.25) is 0 Å². The summed E-state index contributed by atoms with van der Waals surface area (Å²) in [4.78, 5) is 4.02. The van der Waals surface area contributed by atoms with E-state index < -0.39 is 0 Å². The number of aryl methyl sites for hydroxylation is 1. The number of rotatable bonds is 7. The number of hydrogen-bond donors (Lipinski definition) is 1. The third-order valence-electron chi connectivity index (χ3n) is 3.12. The van der Waals surface area contributed by atoms with Crippen LogP contribution in [-0.2, 0) is 6.54 Å². The second kappa shape index (κ2) is 6.62. The molecule has 0 radical (unpaired) electrons. The van der Waals surface area contributed by atoms with Gasteiger partial charge in [-0.15, -0.1) is 0 Å². The number of aromatic nitrogens is 2. The van der Waals surface area contributed by atoms with E-state index in [1.807, 2.05) is 18.7 Å². The molecule has 0 fully saturated rings. The maximum Gasteiger partial charge on any atom is 0.0945 e. The van der Waals surface area contributed by atoms with Crippen LogP contribution in [0.3, 0.4) is 0 Å². The van der Waals surface area contributed by atoms with E-state index in [2.05, 4.69) is 35.6 Å². The quantitative estimate of drug-likeness (QED) is 0.698. The lowest BCUT2D eigenvalue weighted by Gasteiger charge is -2.19. The number of imidazole rings is 1. The number of nitrogens with one attached hydrogen (secondary N) is 1. The molecule has 0 aromatic carbocycles. The summed E-state index contributed by atoms with van der Waals surface area (Å²) in [6.07, 6.45) is 8.12. The van der Waals surface area contributed by atoms with Crippen molar-refractivity contribution in [1.29, 1.82) is 0 Å². The summed E-state index contributed by atoms with van der Waals surface area (Å²) in [5, 5.41) is 3.56. The van der Waals surface area contributed by atoms with Gasteiger partial charge in [-0.2, -0.15) is 0 Å². The average molecular weight is 209 g/mol. The Morgan fingerprint density at radius 2 is 2.20 bits per heavy atom. The van der Waals surface area contributed by atoms with Crippen molar-refractivity contribution in [1.82, 2.24) is 14.9 Å². The summed E-state index contributed by atoms with van der Waals surface area (Å²) in [6, 6.07) is 0.623. The SMILES string of the molecule is CC[C@H](C)[C@H](C)NCCCn1ccnc1. The summed E-state index contributed by atoms with van der Waals surface area (Å²) >= 11 is 0. The smallest absolute Gasteiger partial charge is 0.0945 e. The average Bonchev–Trinajstić information content (AvgIpc) is 2.75. The first kappa shape index (κ1) is 12.2. The molecule has 1 aromatic heterocycles. The Balaban J connectivity index is 2.06. The Bertz CT molecular complexity index is 243. The molecule has 0 unspecified atom stereocenters. The monoisotopic (exact) mass is 209 g/mol. The summed E-state index contributed by atoms with van der Waals surface area (Å²) in [7, 11) is 0. The van der Waals surface area contributed by atoms with E-state index in [1.165, 1.54) is 6.42 Å². The molecule has 3 nitrogen and oxygen atoms in total. The number of nitrogens with zero attached hydrogens (tertiary/aromatic N) is 2. The second-order valence-corrected chi connectivity index (χ2v) is 4.28. The first-order valence-corrected chi connectivity index (χ1v) is 5.93. The van der Waals surface area contributed by atoms with Crippen LogP contribution in [-0.4, -0.2) is 22.1 Å². The summed E-state index contributed by atoms with van der Waals surface area (Å²) in [5.74, 6) is 0.762. The van der Waals surface area contributed by atoms with Crippen LogP contribution in [0.15, 0.2) is 18.7 Å².